The van der Waals surface area contributed by atoms with Gasteiger partial charge in [0.15, 0.2) is 0 Å². The van der Waals surface area contributed by atoms with Crippen molar-refractivity contribution in [3.8, 4) is 5.75 Å². The van der Waals surface area contributed by atoms with E-state index in [0.717, 1.165) is 0 Å². The van der Waals surface area contributed by atoms with Crippen LogP contribution in [0.3, 0.4) is 0 Å². The zero-order valence-electron chi connectivity index (χ0n) is 12.5. The summed E-state index contributed by atoms with van der Waals surface area (Å²) in [6, 6.07) is 4.74. The Morgan fingerprint density at radius 1 is 1.35 bits per heavy atom. The number of methoxy groups -OCH3 is 1. The lowest BCUT2D eigenvalue weighted by atomic mass is 10.1. The molecule has 1 aromatic rings. The number of ether oxygens (including phenoxy) is 1. The van der Waals surface area contributed by atoms with Crippen LogP contribution in [0.5, 0.6) is 5.75 Å². The first-order valence-electron chi connectivity index (χ1n) is 6.66. The third-order valence-corrected chi connectivity index (χ3v) is 2.62. The van der Waals surface area contributed by atoms with Gasteiger partial charge < -0.3 is 15.4 Å². The van der Waals surface area contributed by atoms with Crippen LogP contribution < -0.4 is 15.4 Å². The van der Waals surface area contributed by atoms with Crippen LogP contribution in [-0.4, -0.2) is 25.1 Å². The van der Waals surface area contributed by atoms with Gasteiger partial charge in [-0.2, -0.15) is 0 Å². The fraction of sp³-hybridized carbons (Fsp3) is 0.533. The third-order valence-electron chi connectivity index (χ3n) is 2.62. The lowest BCUT2D eigenvalue weighted by Gasteiger charge is -2.20. The Kier molecular flexibility index (Phi) is 5.95. The smallest absolute Gasteiger partial charge is 0.221 e. The summed E-state index contributed by atoms with van der Waals surface area (Å²) in [7, 11) is 1.50. The molecule has 0 aliphatic rings. The van der Waals surface area contributed by atoms with E-state index in [9.17, 15) is 9.18 Å². The van der Waals surface area contributed by atoms with Crippen molar-refractivity contribution in [1.29, 1.82) is 0 Å². The summed E-state index contributed by atoms with van der Waals surface area (Å²) in [5, 5.41) is 5.93. The molecule has 1 aromatic carbocycles. The molecule has 0 aromatic heterocycles. The number of carbonyl (C=O) groups excluding carboxylic acids is 1. The molecule has 112 valence electrons. The normalized spacial score (nSPS) is 11.2. The largest absolute Gasteiger partial charge is 0.497 e. The Bertz CT molecular complexity index is 456. The summed E-state index contributed by atoms with van der Waals surface area (Å²) in [6.45, 7) is 6.70. The molecular formula is C15H23FN2O2. The molecule has 0 saturated carbocycles. The van der Waals surface area contributed by atoms with Crippen molar-refractivity contribution in [3.05, 3.63) is 29.6 Å². The van der Waals surface area contributed by atoms with Gasteiger partial charge in [0.05, 0.1) is 7.11 Å². The summed E-state index contributed by atoms with van der Waals surface area (Å²) >= 11 is 0. The molecule has 4 nitrogen and oxygen atoms in total. The van der Waals surface area contributed by atoms with Crippen molar-refractivity contribution in [2.75, 3.05) is 13.7 Å². The second-order valence-electron chi connectivity index (χ2n) is 5.68. The minimum Gasteiger partial charge on any atom is -0.497 e. The second-order valence-corrected chi connectivity index (χ2v) is 5.68. The molecule has 0 heterocycles. The molecule has 0 aliphatic carbocycles. The van der Waals surface area contributed by atoms with Crippen LogP contribution in [0, 0.1) is 5.82 Å². The van der Waals surface area contributed by atoms with Gasteiger partial charge in [0.1, 0.15) is 11.6 Å². The van der Waals surface area contributed by atoms with E-state index in [4.69, 9.17) is 4.74 Å². The van der Waals surface area contributed by atoms with E-state index in [1.54, 1.807) is 12.1 Å². The minimum absolute atomic E-state index is 0.0137. The van der Waals surface area contributed by atoms with Crippen LogP contribution in [0.4, 0.5) is 4.39 Å². The molecule has 0 spiro atoms. The topological polar surface area (TPSA) is 50.4 Å². The highest BCUT2D eigenvalue weighted by molar-refractivity contribution is 5.76. The maximum atomic E-state index is 13.6. The number of halogens is 1. The second kappa shape index (κ2) is 7.24. The zero-order chi connectivity index (χ0) is 15.2. The Hall–Kier alpha value is -1.62. The summed E-state index contributed by atoms with van der Waals surface area (Å²) in [6.07, 6.45) is 0.370. The predicted octanol–water partition coefficient (Wildman–Crippen LogP) is 2.23. The van der Waals surface area contributed by atoms with Gasteiger partial charge in [-0.1, -0.05) is 6.07 Å². The third kappa shape index (κ3) is 6.02. The molecule has 0 saturated heterocycles. The molecule has 0 unspecified atom stereocenters. The quantitative estimate of drug-likeness (QED) is 0.787. The lowest BCUT2D eigenvalue weighted by Crippen LogP contribution is -2.41. The summed E-state index contributed by atoms with van der Waals surface area (Å²) < 4.78 is 18.6. The van der Waals surface area contributed by atoms with E-state index in [2.05, 4.69) is 10.6 Å². The van der Waals surface area contributed by atoms with Crippen LogP contribution in [-0.2, 0) is 11.3 Å². The molecule has 0 bridgehead atoms. The Labute approximate surface area is 119 Å². The van der Waals surface area contributed by atoms with Crippen molar-refractivity contribution in [2.24, 2.45) is 0 Å². The summed E-state index contributed by atoms with van der Waals surface area (Å²) in [4.78, 5) is 11.6. The Balaban J connectivity index is 2.33. The first kappa shape index (κ1) is 16.4. The molecule has 0 aliphatic heterocycles. The molecular weight excluding hydrogens is 259 g/mol. The number of rotatable bonds is 6. The van der Waals surface area contributed by atoms with Crippen molar-refractivity contribution in [3.63, 3.8) is 0 Å². The highest BCUT2D eigenvalue weighted by Crippen LogP contribution is 2.15. The van der Waals surface area contributed by atoms with Gasteiger partial charge in [-0.25, -0.2) is 4.39 Å². The molecule has 20 heavy (non-hydrogen) atoms. The van der Waals surface area contributed by atoms with E-state index in [1.165, 1.54) is 13.2 Å². The van der Waals surface area contributed by atoms with Crippen LogP contribution in [0.25, 0.3) is 0 Å². The monoisotopic (exact) mass is 282 g/mol. The Morgan fingerprint density at radius 2 is 2.05 bits per heavy atom. The number of carbonyl (C=O) groups is 1. The van der Waals surface area contributed by atoms with Crippen LogP contribution in [0.1, 0.15) is 32.8 Å². The first-order chi connectivity index (χ1) is 9.31. The molecule has 0 atom stereocenters. The Morgan fingerprint density at radius 3 is 2.60 bits per heavy atom. The molecule has 1 amide bonds. The van der Waals surface area contributed by atoms with Crippen molar-refractivity contribution >= 4 is 5.91 Å². The molecule has 0 fully saturated rings. The SMILES string of the molecule is COc1ccc(CNCCC(=O)NC(C)(C)C)c(F)c1. The molecule has 1 rings (SSSR count). The number of hydrogen-bond donors (Lipinski definition) is 2. The van der Waals surface area contributed by atoms with Gasteiger partial charge in [-0.05, 0) is 26.8 Å². The van der Waals surface area contributed by atoms with Gasteiger partial charge in [-0.15, -0.1) is 0 Å². The summed E-state index contributed by atoms with van der Waals surface area (Å²) in [5.74, 6) is 0.173. The number of benzene rings is 1. The van der Waals surface area contributed by atoms with Gasteiger partial charge in [0.2, 0.25) is 5.91 Å². The summed E-state index contributed by atoms with van der Waals surface area (Å²) in [5.41, 5.74) is 0.334. The van der Waals surface area contributed by atoms with E-state index < -0.39 is 0 Å². The fourth-order valence-electron chi connectivity index (χ4n) is 1.70. The van der Waals surface area contributed by atoms with E-state index in [-0.39, 0.29) is 17.3 Å². The van der Waals surface area contributed by atoms with Crippen molar-refractivity contribution in [2.45, 2.75) is 39.3 Å². The van der Waals surface area contributed by atoms with Crippen LogP contribution >= 0.6 is 0 Å². The van der Waals surface area contributed by atoms with E-state index >= 15 is 0 Å². The van der Waals surface area contributed by atoms with Crippen molar-refractivity contribution < 1.29 is 13.9 Å². The number of amides is 1. The highest BCUT2D eigenvalue weighted by atomic mass is 19.1. The average molecular weight is 282 g/mol. The maximum Gasteiger partial charge on any atom is 0.221 e. The molecule has 2 N–H and O–H groups in total. The van der Waals surface area contributed by atoms with Crippen molar-refractivity contribution in [1.82, 2.24) is 10.6 Å². The number of hydrogen-bond acceptors (Lipinski definition) is 3. The standard InChI is InChI=1S/C15H23FN2O2/c1-15(2,3)18-14(19)7-8-17-10-11-5-6-12(20-4)9-13(11)16/h5-6,9,17H,7-8,10H2,1-4H3,(H,18,19). The van der Waals surface area contributed by atoms with Gasteiger partial charge in [0, 0.05) is 36.7 Å². The minimum atomic E-state index is -0.309. The van der Waals surface area contributed by atoms with Gasteiger partial charge in [-0.3, -0.25) is 4.79 Å². The average Bonchev–Trinajstić information content (AvgIpc) is 2.33. The van der Waals surface area contributed by atoms with E-state index in [1.807, 2.05) is 20.8 Å². The van der Waals surface area contributed by atoms with Crippen LogP contribution in [0.2, 0.25) is 0 Å². The molecule has 0 radical (unpaired) electrons. The predicted molar refractivity (Wildman–Crippen MR) is 77.2 cm³/mol. The van der Waals surface area contributed by atoms with Gasteiger partial charge in [0.25, 0.3) is 0 Å². The maximum absolute atomic E-state index is 13.6. The fourth-order valence-corrected chi connectivity index (χ4v) is 1.70. The number of nitrogens with one attached hydrogen (secondary N) is 2. The first-order valence-corrected chi connectivity index (χ1v) is 6.66. The van der Waals surface area contributed by atoms with Crippen LogP contribution in [0.15, 0.2) is 18.2 Å². The highest BCUT2D eigenvalue weighted by Gasteiger charge is 2.13. The lowest BCUT2D eigenvalue weighted by molar-refractivity contribution is -0.122. The zero-order valence-corrected chi connectivity index (χ0v) is 12.5. The molecule has 5 heteroatoms. The van der Waals surface area contributed by atoms with Gasteiger partial charge >= 0.3 is 0 Å². The van der Waals surface area contributed by atoms with E-state index in [0.29, 0.717) is 30.8 Å².